The minimum Gasteiger partial charge on any atom is -0.386 e. The maximum absolute atomic E-state index is 10.7. The first kappa shape index (κ1) is 15.5. The fraction of sp³-hybridized carbons (Fsp3) is 0.562. The van der Waals surface area contributed by atoms with Crippen molar-refractivity contribution in [1.82, 2.24) is 19.5 Å². The molecule has 0 unspecified atom stereocenters. The summed E-state index contributed by atoms with van der Waals surface area (Å²) in [5, 5.41) is 10.7. The number of nitrogens with two attached hydrogens (primary N) is 1. The highest BCUT2D eigenvalue weighted by Crippen LogP contribution is 2.50. The van der Waals surface area contributed by atoms with E-state index in [0.29, 0.717) is 22.9 Å². The summed E-state index contributed by atoms with van der Waals surface area (Å²) in [4.78, 5) is 12.4. The summed E-state index contributed by atoms with van der Waals surface area (Å²) in [6, 6.07) is 0. The summed E-state index contributed by atoms with van der Waals surface area (Å²) in [6.45, 7) is 6.14. The zero-order valence-corrected chi connectivity index (χ0v) is 13.8. The number of rotatable bonds is 3. The van der Waals surface area contributed by atoms with Crippen LogP contribution in [0, 0.1) is 5.92 Å². The minimum atomic E-state index is -0.827. The first-order valence-electron chi connectivity index (χ1n) is 8.07. The number of imidazole rings is 1. The Balaban J connectivity index is 1.73. The second-order valence-electron chi connectivity index (χ2n) is 6.74. The van der Waals surface area contributed by atoms with Gasteiger partial charge >= 0.3 is 0 Å². The van der Waals surface area contributed by atoms with Crippen LogP contribution in [0.3, 0.4) is 0 Å². The Morgan fingerprint density at radius 3 is 2.88 bits per heavy atom. The summed E-state index contributed by atoms with van der Waals surface area (Å²) in [6.07, 6.45) is 5.02. The maximum Gasteiger partial charge on any atom is 0.167 e. The van der Waals surface area contributed by atoms with E-state index in [1.54, 1.807) is 10.9 Å². The van der Waals surface area contributed by atoms with Gasteiger partial charge in [0.1, 0.15) is 29.7 Å². The lowest BCUT2D eigenvalue weighted by Gasteiger charge is -2.47. The summed E-state index contributed by atoms with van der Waals surface area (Å²) in [5.41, 5.74) is 6.22. The van der Waals surface area contributed by atoms with Crippen molar-refractivity contribution in [3.63, 3.8) is 0 Å². The molecule has 2 fully saturated rings. The number of hydrogen-bond acceptors (Lipinski definition) is 7. The quantitative estimate of drug-likeness (QED) is 0.809. The van der Waals surface area contributed by atoms with Gasteiger partial charge in [-0.2, -0.15) is 0 Å². The van der Waals surface area contributed by atoms with Gasteiger partial charge in [-0.15, -0.1) is 0 Å². The van der Waals surface area contributed by atoms with Gasteiger partial charge in [-0.05, 0) is 12.8 Å². The monoisotopic (exact) mass is 331 g/mol. The predicted octanol–water partition coefficient (Wildman–Crippen LogP) is 1.04. The molecular formula is C16H21N5O3. The molecule has 2 aliphatic heterocycles. The van der Waals surface area contributed by atoms with E-state index in [1.807, 2.05) is 13.0 Å². The van der Waals surface area contributed by atoms with Crippen molar-refractivity contribution in [3.05, 3.63) is 24.8 Å². The van der Waals surface area contributed by atoms with E-state index in [4.69, 9.17) is 15.2 Å². The van der Waals surface area contributed by atoms with E-state index in [-0.39, 0.29) is 6.10 Å². The van der Waals surface area contributed by atoms with Crippen LogP contribution >= 0.6 is 0 Å². The van der Waals surface area contributed by atoms with Crippen molar-refractivity contribution in [3.8, 4) is 0 Å². The van der Waals surface area contributed by atoms with Crippen LogP contribution in [0.15, 0.2) is 24.8 Å². The molecule has 2 aromatic rings. The molecule has 0 spiro atoms. The lowest BCUT2D eigenvalue weighted by Crippen LogP contribution is -2.63. The van der Waals surface area contributed by atoms with Crippen molar-refractivity contribution in [2.75, 3.05) is 5.73 Å². The Bertz CT molecular complexity index is 804. The van der Waals surface area contributed by atoms with Gasteiger partial charge < -0.3 is 20.3 Å². The number of hydrogen-bond donors (Lipinski definition) is 2. The third-order valence-corrected chi connectivity index (χ3v) is 4.76. The maximum atomic E-state index is 10.7. The minimum absolute atomic E-state index is 0.133. The van der Waals surface area contributed by atoms with E-state index in [1.165, 1.54) is 6.33 Å². The Hall–Kier alpha value is -2.03. The second-order valence-corrected chi connectivity index (χ2v) is 6.74. The smallest absolute Gasteiger partial charge is 0.167 e. The highest BCUT2D eigenvalue weighted by molar-refractivity contribution is 5.81. The number of nitrogens with zero attached hydrogens (tertiary/aromatic N) is 4. The van der Waals surface area contributed by atoms with E-state index in [9.17, 15) is 5.11 Å². The molecule has 24 heavy (non-hydrogen) atoms. The van der Waals surface area contributed by atoms with E-state index >= 15 is 0 Å². The molecule has 2 aliphatic rings. The van der Waals surface area contributed by atoms with Gasteiger partial charge in [0.05, 0.1) is 12.4 Å². The summed E-state index contributed by atoms with van der Waals surface area (Å²) in [5.74, 6) is 0.683. The van der Waals surface area contributed by atoms with Gasteiger partial charge in [0.25, 0.3) is 0 Å². The zero-order valence-electron chi connectivity index (χ0n) is 13.8. The molecule has 3 N–H and O–H groups in total. The van der Waals surface area contributed by atoms with Crippen molar-refractivity contribution >= 4 is 17.0 Å². The van der Waals surface area contributed by atoms with Gasteiger partial charge in [0.2, 0.25) is 0 Å². The first-order chi connectivity index (χ1) is 11.4. The zero-order chi connectivity index (χ0) is 17.1. The summed E-state index contributed by atoms with van der Waals surface area (Å²) in [7, 11) is 0. The molecule has 2 saturated heterocycles. The molecule has 4 rings (SSSR count). The topological polar surface area (TPSA) is 108 Å². The average Bonchev–Trinajstić information content (AvgIpc) is 3.05. The molecule has 0 bridgehead atoms. The number of aromatic nitrogens is 4. The van der Waals surface area contributed by atoms with Crippen LogP contribution in [0.1, 0.15) is 27.0 Å². The van der Waals surface area contributed by atoms with Crippen LogP contribution in [-0.4, -0.2) is 48.5 Å². The number of anilines is 1. The average molecular weight is 331 g/mol. The van der Waals surface area contributed by atoms with Crippen LogP contribution in [0.2, 0.25) is 0 Å². The molecule has 0 saturated carbocycles. The van der Waals surface area contributed by atoms with Gasteiger partial charge in [-0.25, -0.2) is 15.0 Å². The summed E-state index contributed by atoms with van der Waals surface area (Å²) >= 11 is 0. The Morgan fingerprint density at radius 1 is 1.38 bits per heavy atom. The van der Waals surface area contributed by atoms with Gasteiger partial charge in [-0.3, -0.25) is 4.57 Å². The molecular weight excluding hydrogens is 310 g/mol. The molecule has 8 heteroatoms. The summed E-state index contributed by atoms with van der Waals surface area (Å²) < 4.78 is 13.7. The molecule has 0 aromatic carbocycles. The molecule has 0 amide bonds. The molecule has 0 aliphatic carbocycles. The van der Waals surface area contributed by atoms with E-state index < -0.39 is 24.0 Å². The highest BCUT2D eigenvalue weighted by atomic mass is 16.7. The van der Waals surface area contributed by atoms with Crippen LogP contribution < -0.4 is 5.73 Å². The third-order valence-electron chi connectivity index (χ3n) is 4.76. The predicted molar refractivity (Wildman–Crippen MR) is 86.9 cm³/mol. The SMILES string of the molecule is CC(C)/C=C/[C@@]12O[C@@H](n3cnc4c(N)ncnc43)[C@H](O)[C@@H]1O[C@@H]2C. The fourth-order valence-electron chi connectivity index (χ4n) is 3.42. The van der Waals surface area contributed by atoms with Crippen LogP contribution in [0.25, 0.3) is 11.2 Å². The second kappa shape index (κ2) is 5.23. The fourth-order valence-corrected chi connectivity index (χ4v) is 3.42. The lowest BCUT2D eigenvalue weighted by molar-refractivity contribution is -0.252. The number of fused-ring (bicyclic) bond motifs is 2. The Labute approximate surface area is 139 Å². The molecule has 128 valence electrons. The highest BCUT2D eigenvalue weighted by Gasteiger charge is 2.65. The van der Waals surface area contributed by atoms with Crippen LogP contribution in [-0.2, 0) is 9.47 Å². The Morgan fingerprint density at radius 2 is 2.17 bits per heavy atom. The van der Waals surface area contributed by atoms with Crippen molar-refractivity contribution in [2.45, 2.75) is 50.9 Å². The van der Waals surface area contributed by atoms with E-state index in [0.717, 1.165) is 0 Å². The van der Waals surface area contributed by atoms with Gasteiger partial charge in [-0.1, -0.05) is 26.0 Å². The largest absolute Gasteiger partial charge is 0.386 e. The van der Waals surface area contributed by atoms with Crippen LogP contribution in [0.5, 0.6) is 0 Å². The standard InChI is InChI=1S/C16H21N5O3/c1-8(2)4-5-16-9(3)23-12(16)11(22)15(24-16)21-7-20-10-13(17)18-6-19-14(10)21/h4-9,11-12,15,22H,1-3H3,(H2,17,18,19)/b5-4+/t9-,11-,12+,15-,16+/m1/s1. The molecule has 8 nitrogen and oxygen atoms in total. The van der Waals surface area contributed by atoms with Crippen molar-refractivity contribution in [2.24, 2.45) is 5.92 Å². The first-order valence-corrected chi connectivity index (χ1v) is 8.07. The van der Waals surface area contributed by atoms with E-state index in [2.05, 4.69) is 34.9 Å². The molecule has 2 aromatic heterocycles. The number of aliphatic hydroxyl groups is 1. The van der Waals surface area contributed by atoms with Crippen molar-refractivity contribution in [1.29, 1.82) is 0 Å². The number of allylic oxidation sites excluding steroid dienone is 1. The van der Waals surface area contributed by atoms with Gasteiger partial charge in [0.15, 0.2) is 17.7 Å². The van der Waals surface area contributed by atoms with Crippen molar-refractivity contribution < 1.29 is 14.6 Å². The van der Waals surface area contributed by atoms with Gasteiger partial charge in [0, 0.05) is 0 Å². The molecule has 5 atom stereocenters. The molecule has 4 heterocycles. The normalized spacial score (nSPS) is 35.7. The molecule has 0 radical (unpaired) electrons. The number of nitrogen functional groups attached to an aromatic ring is 1. The Kier molecular flexibility index (Phi) is 3.38. The number of aliphatic hydroxyl groups excluding tert-OH is 1. The third kappa shape index (κ3) is 2.00. The lowest BCUT2D eigenvalue weighted by atomic mass is 9.83. The number of ether oxygens (including phenoxy) is 2. The van der Waals surface area contributed by atoms with Crippen LogP contribution in [0.4, 0.5) is 5.82 Å².